The Morgan fingerprint density at radius 2 is 1.97 bits per heavy atom. The number of fused-ring (bicyclic) bond motifs is 2. The molecule has 32 heavy (non-hydrogen) atoms. The van der Waals surface area contributed by atoms with Crippen LogP contribution in [0.1, 0.15) is 11.4 Å². The van der Waals surface area contributed by atoms with Gasteiger partial charge in [0, 0.05) is 48.3 Å². The average molecular weight is 492 g/mol. The van der Waals surface area contributed by atoms with Gasteiger partial charge in [-0.15, -0.1) is 0 Å². The summed E-state index contributed by atoms with van der Waals surface area (Å²) in [6.07, 6.45) is 3.11. The molecule has 0 radical (unpaired) electrons. The number of nitrogens with two attached hydrogens (primary N) is 1. The first-order valence-corrected chi connectivity index (χ1v) is 12.9. The maximum atomic E-state index is 10.0. The van der Waals surface area contributed by atoms with E-state index in [-0.39, 0.29) is 0 Å². The molecule has 2 heterocycles. The van der Waals surface area contributed by atoms with Gasteiger partial charge in [-0.3, -0.25) is 5.04 Å². The fourth-order valence-corrected chi connectivity index (χ4v) is 6.24. The van der Waals surface area contributed by atoms with E-state index in [9.17, 15) is 5.26 Å². The van der Waals surface area contributed by atoms with Crippen LogP contribution in [0.3, 0.4) is 0 Å². The first-order chi connectivity index (χ1) is 15.8. The first kappa shape index (κ1) is 23.5. The highest BCUT2D eigenvalue weighted by atomic mass is 32.2. The van der Waals surface area contributed by atoms with Crippen LogP contribution in [0.15, 0.2) is 58.5 Å². The van der Waals surface area contributed by atoms with E-state index in [1.807, 2.05) is 0 Å². The summed E-state index contributed by atoms with van der Waals surface area (Å²) in [5.41, 5.74) is 7.97. The van der Waals surface area contributed by atoms with Crippen LogP contribution < -0.4 is 20.5 Å². The van der Waals surface area contributed by atoms with E-state index in [0.717, 1.165) is 31.6 Å². The van der Waals surface area contributed by atoms with E-state index in [0.29, 0.717) is 25.5 Å². The monoisotopic (exact) mass is 491 g/mol. The van der Waals surface area contributed by atoms with Gasteiger partial charge in [-0.1, -0.05) is 47.4 Å². The van der Waals surface area contributed by atoms with Crippen LogP contribution in [0.25, 0.3) is 16.3 Å². The predicted molar refractivity (Wildman–Crippen MR) is 129 cm³/mol. The highest BCUT2D eigenvalue weighted by Gasteiger charge is 2.27. The lowest BCUT2D eigenvalue weighted by Gasteiger charge is -2.20. The summed E-state index contributed by atoms with van der Waals surface area (Å²) >= 11 is 4.59. The zero-order valence-electron chi connectivity index (χ0n) is 17.5. The molecule has 2 aromatic carbocycles. The van der Waals surface area contributed by atoms with Crippen LogP contribution >= 0.6 is 35.1 Å². The molecule has 1 aliphatic heterocycles. The maximum Gasteiger partial charge on any atom is 0.265 e. The van der Waals surface area contributed by atoms with Crippen molar-refractivity contribution in [2.24, 2.45) is 5.73 Å². The lowest BCUT2D eigenvalue weighted by atomic mass is 10.3. The summed E-state index contributed by atoms with van der Waals surface area (Å²) in [5.74, 6) is 0.667. The van der Waals surface area contributed by atoms with Gasteiger partial charge in [-0.2, -0.15) is 8.90 Å². The number of hydrogen-bond donors (Lipinski definition) is 1. The van der Waals surface area contributed by atoms with E-state index in [2.05, 4.69) is 73.4 Å². The summed E-state index contributed by atoms with van der Waals surface area (Å²) in [4.78, 5) is 3.57. The number of rotatable bonds is 12. The molecule has 0 amide bonds. The van der Waals surface area contributed by atoms with E-state index in [4.69, 9.17) is 10.5 Å². The molecule has 10 heteroatoms. The number of hydrogen-bond acceptors (Lipinski definition) is 9. The van der Waals surface area contributed by atoms with Crippen LogP contribution in [-0.4, -0.2) is 32.1 Å². The minimum absolute atomic E-state index is 0.528. The summed E-state index contributed by atoms with van der Waals surface area (Å²) < 4.78 is 13.6. The number of aromatic nitrogens is 1. The third-order valence-corrected chi connectivity index (χ3v) is 7.76. The van der Waals surface area contributed by atoms with Crippen LogP contribution in [0.4, 0.5) is 5.69 Å². The minimum Gasteiger partial charge on any atom is -0.691 e. The molecule has 0 bridgehead atoms. The molecule has 0 unspecified atom stereocenters. The second-order valence-electron chi connectivity index (χ2n) is 6.98. The van der Waals surface area contributed by atoms with Gasteiger partial charge < -0.3 is 20.6 Å². The molecule has 0 spiro atoms. The molecule has 1 aromatic heterocycles. The lowest BCUT2D eigenvalue weighted by Crippen LogP contribution is -2.35. The molecule has 170 valence electrons. The minimum atomic E-state index is 0.528. The van der Waals surface area contributed by atoms with Gasteiger partial charge in [-0.25, -0.2) is 0 Å². The van der Waals surface area contributed by atoms with Crippen LogP contribution in [0, 0.1) is 0 Å². The fraction of sp³-hybridized carbons (Fsp3) is 0.318. The number of benzene rings is 2. The van der Waals surface area contributed by atoms with Crippen molar-refractivity contribution in [2.45, 2.75) is 17.9 Å². The number of nitrogens with zero attached hydrogens (tertiary/aromatic N) is 2. The predicted octanol–water partition coefficient (Wildman–Crippen LogP) is 3.34. The summed E-state index contributed by atoms with van der Waals surface area (Å²) in [7, 11) is 0. The van der Waals surface area contributed by atoms with Crippen molar-refractivity contribution in [2.75, 3.05) is 37.0 Å². The highest BCUT2D eigenvalue weighted by molar-refractivity contribution is 8.03. The molecule has 0 atom stereocenters. The molecule has 0 saturated carbocycles. The van der Waals surface area contributed by atoms with E-state index in [1.165, 1.54) is 30.8 Å². The number of anilines is 1. The molecule has 3 aromatic rings. The molecular formula is C22H25N3O4S3. The smallest absolute Gasteiger partial charge is 0.265 e. The van der Waals surface area contributed by atoms with Gasteiger partial charge in [0.25, 0.3) is 5.01 Å². The number of ether oxygens (including phenoxy) is 1. The Kier molecular flexibility index (Phi) is 8.83. The van der Waals surface area contributed by atoms with Crippen LogP contribution in [0.5, 0.6) is 0 Å². The Hall–Kier alpha value is -1.63. The number of para-hydroxylation sites is 2. The quantitative estimate of drug-likeness (QED) is 0.136. The molecule has 2 N–H and O–H groups in total. The lowest BCUT2D eigenvalue weighted by molar-refractivity contribution is -0.777. The Balaban J connectivity index is 1.60. The zero-order valence-corrected chi connectivity index (χ0v) is 19.9. The third-order valence-electron chi connectivity index (χ3n) is 4.93. The number of thiazole rings is 1. The third kappa shape index (κ3) is 5.64. The Morgan fingerprint density at radius 1 is 1.12 bits per heavy atom. The topological polar surface area (TPSA) is 83.9 Å². The largest absolute Gasteiger partial charge is 0.691 e. The fourth-order valence-electron chi connectivity index (χ4n) is 3.56. The molecule has 1 aliphatic rings. The van der Waals surface area contributed by atoms with E-state index in [1.54, 1.807) is 23.1 Å². The standard InChI is InChI=1S/C22H25N3O4S3/c23-10-13-27-14-12-25-18-7-2-4-9-20(18)32-22(25)16-21-24(11-5-15-30-29-28-26)17-6-1-3-8-19(17)31-21/h1-4,6-9,16H,5,10-15,23H2. The number of aryl methyl sites for hydroxylation is 1. The van der Waals surface area contributed by atoms with Crippen molar-refractivity contribution in [3.63, 3.8) is 0 Å². The second kappa shape index (κ2) is 12.0. The van der Waals surface area contributed by atoms with Crippen molar-refractivity contribution < 1.29 is 23.9 Å². The Morgan fingerprint density at radius 3 is 2.84 bits per heavy atom. The highest BCUT2D eigenvalue weighted by Crippen LogP contribution is 2.46. The SMILES string of the molecule is NCCOCCN1C(=Cc2sc3ccccc3[n+]2CCCSOO[O-])Sc2ccccc21. The molecule has 0 aliphatic carbocycles. The first-order valence-electron chi connectivity index (χ1n) is 10.3. The molecule has 4 rings (SSSR count). The van der Waals surface area contributed by atoms with Crippen molar-refractivity contribution in [1.29, 1.82) is 0 Å². The molecule has 7 nitrogen and oxygen atoms in total. The van der Waals surface area contributed by atoms with Gasteiger partial charge in [0.1, 0.15) is 4.70 Å². The molecule has 0 saturated heterocycles. The van der Waals surface area contributed by atoms with Gasteiger partial charge in [-0.05, 0) is 18.2 Å². The van der Waals surface area contributed by atoms with Gasteiger partial charge in [0.15, 0.2) is 6.54 Å². The zero-order chi connectivity index (χ0) is 22.2. The van der Waals surface area contributed by atoms with Gasteiger partial charge in [0.05, 0.1) is 30.0 Å². The van der Waals surface area contributed by atoms with E-state index >= 15 is 0 Å². The summed E-state index contributed by atoms with van der Waals surface area (Å²) in [6, 6.07) is 16.9. The van der Waals surface area contributed by atoms with Crippen LogP contribution in [-0.2, 0) is 20.7 Å². The van der Waals surface area contributed by atoms with Crippen LogP contribution in [0.2, 0.25) is 0 Å². The number of thioether (sulfide) groups is 1. The van der Waals surface area contributed by atoms with Crippen molar-refractivity contribution in [3.05, 3.63) is 58.6 Å². The van der Waals surface area contributed by atoms with Gasteiger partial charge >= 0.3 is 0 Å². The molecule has 0 fully saturated rings. The Labute approximate surface area is 199 Å². The second-order valence-corrected chi connectivity index (χ2v) is 9.88. The summed E-state index contributed by atoms with van der Waals surface area (Å²) in [6.45, 7) is 3.30. The Bertz CT molecular complexity index is 1060. The average Bonchev–Trinajstić information content (AvgIpc) is 3.34. The van der Waals surface area contributed by atoms with Crippen molar-refractivity contribution >= 4 is 57.1 Å². The van der Waals surface area contributed by atoms with Crippen molar-refractivity contribution in [3.8, 4) is 0 Å². The normalized spacial score (nSPS) is 14.6. The molecular weight excluding hydrogens is 466 g/mol. The van der Waals surface area contributed by atoms with Gasteiger partial charge in [0.2, 0.25) is 5.52 Å². The van der Waals surface area contributed by atoms with Crippen molar-refractivity contribution in [1.82, 2.24) is 0 Å². The van der Waals surface area contributed by atoms with E-state index < -0.39 is 0 Å². The maximum absolute atomic E-state index is 10.0. The summed E-state index contributed by atoms with van der Waals surface area (Å²) in [5, 5.41) is 15.8.